The third kappa shape index (κ3) is 3.24. The van der Waals surface area contributed by atoms with Crippen LogP contribution in [0.1, 0.15) is 53.6 Å². The number of ether oxygens (including phenoxy) is 1. The number of aliphatic imine (C=N–C) groups is 1. The summed E-state index contributed by atoms with van der Waals surface area (Å²) in [6.45, 7) is 9.01. The van der Waals surface area contributed by atoms with Gasteiger partial charge < -0.3 is 14.2 Å². The van der Waals surface area contributed by atoms with Gasteiger partial charge in [0.1, 0.15) is 11.8 Å². The van der Waals surface area contributed by atoms with Crippen molar-refractivity contribution >= 4 is 16.9 Å². The second kappa shape index (κ2) is 8.32. The minimum Gasteiger partial charge on any atom is -0.497 e. The van der Waals surface area contributed by atoms with E-state index in [0.717, 1.165) is 29.3 Å². The lowest BCUT2D eigenvalue weighted by Crippen LogP contribution is -2.35. The van der Waals surface area contributed by atoms with Gasteiger partial charge in [-0.1, -0.05) is 24.8 Å². The highest BCUT2D eigenvalue weighted by atomic mass is 32.2. The van der Waals surface area contributed by atoms with Gasteiger partial charge in [-0.2, -0.15) is 0 Å². The van der Waals surface area contributed by atoms with Crippen LogP contribution in [0.4, 0.5) is 0 Å². The molecule has 166 valence electrons. The zero-order chi connectivity index (χ0) is 22.4. The molecule has 1 aromatic carbocycles. The number of hydrogen-bond donors (Lipinski definition) is 0. The molecule has 0 saturated carbocycles. The average Bonchev–Trinajstić information content (AvgIpc) is 3.46. The van der Waals surface area contributed by atoms with E-state index in [1.54, 1.807) is 7.11 Å². The first-order valence-corrected chi connectivity index (χ1v) is 12.3. The Bertz CT molecular complexity index is 1150. The molecule has 3 atom stereocenters. The minimum atomic E-state index is 0.0107. The molecule has 5 rings (SSSR count). The molecular formula is C26H30N4OS. The third-order valence-electron chi connectivity index (χ3n) is 6.96. The number of nitrogens with zero attached hydrogens (tertiary/aromatic N) is 4. The van der Waals surface area contributed by atoms with Gasteiger partial charge >= 0.3 is 0 Å². The minimum absolute atomic E-state index is 0.0107. The molecule has 2 aromatic heterocycles. The lowest BCUT2D eigenvalue weighted by Gasteiger charge is -2.32. The first-order valence-electron chi connectivity index (χ1n) is 11.3. The fourth-order valence-corrected chi connectivity index (χ4v) is 6.56. The summed E-state index contributed by atoms with van der Waals surface area (Å²) in [6, 6.07) is 15.2. The van der Waals surface area contributed by atoms with Crippen molar-refractivity contribution in [2.24, 2.45) is 4.99 Å². The summed E-state index contributed by atoms with van der Waals surface area (Å²) < 4.78 is 7.75. The SMILES string of the molecule is CC[C@H]1CSC2=N[C@@H](c3ccccn3)[C@@H](c3c(C)c(C)n(-c4ccc(OC)cc4)c3C)N21. The molecule has 0 unspecified atom stereocenters. The average molecular weight is 447 g/mol. The quantitative estimate of drug-likeness (QED) is 0.498. The van der Waals surface area contributed by atoms with Gasteiger partial charge in [0.05, 0.1) is 18.8 Å². The van der Waals surface area contributed by atoms with Crippen LogP contribution in [-0.4, -0.2) is 38.5 Å². The van der Waals surface area contributed by atoms with Crippen molar-refractivity contribution in [3.05, 3.63) is 76.9 Å². The second-order valence-corrected chi connectivity index (χ2v) is 9.57. The maximum absolute atomic E-state index is 5.37. The summed E-state index contributed by atoms with van der Waals surface area (Å²) in [5.41, 5.74) is 7.48. The molecule has 0 N–H and O–H groups in total. The topological polar surface area (TPSA) is 42.6 Å². The van der Waals surface area contributed by atoms with Gasteiger partial charge in [0.15, 0.2) is 5.17 Å². The van der Waals surface area contributed by atoms with Crippen LogP contribution in [0, 0.1) is 20.8 Å². The Morgan fingerprint density at radius 1 is 1.06 bits per heavy atom. The Kier molecular flexibility index (Phi) is 5.49. The predicted octanol–water partition coefficient (Wildman–Crippen LogP) is 5.79. The Labute approximate surface area is 194 Å². The van der Waals surface area contributed by atoms with Crippen molar-refractivity contribution in [3.8, 4) is 11.4 Å². The van der Waals surface area contributed by atoms with Crippen LogP contribution in [0.25, 0.3) is 5.69 Å². The molecule has 2 aliphatic heterocycles. The Balaban J connectivity index is 1.66. The van der Waals surface area contributed by atoms with Crippen molar-refractivity contribution in [1.82, 2.24) is 14.5 Å². The summed E-state index contributed by atoms with van der Waals surface area (Å²) >= 11 is 1.89. The molecule has 1 fully saturated rings. The van der Waals surface area contributed by atoms with Crippen LogP contribution in [0.3, 0.4) is 0 Å². The number of thioether (sulfide) groups is 1. The fourth-order valence-electron chi connectivity index (χ4n) is 5.22. The third-order valence-corrected chi connectivity index (χ3v) is 8.09. The monoisotopic (exact) mass is 446 g/mol. The molecule has 0 bridgehead atoms. The predicted molar refractivity (Wildman–Crippen MR) is 132 cm³/mol. The lowest BCUT2D eigenvalue weighted by molar-refractivity contribution is 0.254. The van der Waals surface area contributed by atoms with Crippen molar-refractivity contribution in [2.45, 2.75) is 52.2 Å². The Hall–Kier alpha value is -2.73. The number of aromatic nitrogens is 2. The van der Waals surface area contributed by atoms with E-state index in [1.165, 1.54) is 27.7 Å². The van der Waals surface area contributed by atoms with E-state index in [9.17, 15) is 0 Å². The maximum Gasteiger partial charge on any atom is 0.160 e. The molecule has 2 aliphatic rings. The normalized spacial score (nSPS) is 22.2. The van der Waals surface area contributed by atoms with Crippen LogP contribution in [0.2, 0.25) is 0 Å². The highest BCUT2D eigenvalue weighted by Crippen LogP contribution is 2.50. The van der Waals surface area contributed by atoms with E-state index >= 15 is 0 Å². The van der Waals surface area contributed by atoms with Gasteiger partial charge in [-0.05, 0) is 69.2 Å². The summed E-state index contributed by atoms with van der Waals surface area (Å²) in [4.78, 5) is 12.5. The van der Waals surface area contributed by atoms with Gasteiger partial charge in [-0.25, -0.2) is 0 Å². The first-order chi connectivity index (χ1) is 15.5. The number of hydrogen-bond acceptors (Lipinski definition) is 5. The van der Waals surface area contributed by atoms with Crippen LogP contribution in [0.15, 0.2) is 53.7 Å². The van der Waals surface area contributed by atoms with Crippen molar-refractivity contribution < 1.29 is 4.74 Å². The van der Waals surface area contributed by atoms with Crippen LogP contribution < -0.4 is 4.74 Å². The van der Waals surface area contributed by atoms with Crippen molar-refractivity contribution in [3.63, 3.8) is 0 Å². The molecule has 32 heavy (non-hydrogen) atoms. The molecule has 5 nitrogen and oxygen atoms in total. The van der Waals surface area contributed by atoms with Gasteiger partial charge in [0.25, 0.3) is 0 Å². The van der Waals surface area contributed by atoms with E-state index in [2.05, 4.69) is 61.4 Å². The van der Waals surface area contributed by atoms with Crippen molar-refractivity contribution in [2.75, 3.05) is 12.9 Å². The highest BCUT2D eigenvalue weighted by molar-refractivity contribution is 8.14. The van der Waals surface area contributed by atoms with Gasteiger partial charge in [0.2, 0.25) is 0 Å². The molecular weight excluding hydrogens is 416 g/mol. The highest BCUT2D eigenvalue weighted by Gasteiger charge is 2.47. The first kappa shape index (κ1) is 21.1. The van der Waals surface area contributed by atoms with Gasteiger partial charge in [-0.15, -0.1) is 0 Å². The van der Waals surface area contributed by atoms with Gasteiger partial charge in [-0.3, -0.25) is 9.98 Å². The summed E-state index contributed by atoms with van der Waals surface area (Å²) in [6.07, 6.45) is 3.00. The molecule has 0 amide bonds. The van der Waals surface area contributed by atoms with Crippen LogP contribution in [0.5, 0.6) is 5.75 Å². The van der Waals surface area contributed by atoms with Crippen molar-refractivity contribution in [1.29, 1.82) is 0 Å². The Morgan fingerprint density at radius 3 is 2.50 bits per heavy atom. The number of rotatable bonds is 5. The standard InChI is InChI=1S/C26H30N4OS/c1-6-19-15-32-26-28-24(22-9-7-8-14-27-22)25(30(19)26)23-16(2)17(3)29(18(23)4)20-10-12-21(31-5)13-11-20/h7-14,19,24-25H,6,15H2,1-5H3/t19-,24-,25+/m0/s1. The molecule has 0 aliphatic carbocycles. The Morgan fingerprint density at radius 2 is 1.84 bits per heavy atom. The molecule has 0 spiro atoms. The van der Waals surface area contributed by atoms with Gasteiger partial charge in [0, 0.05) is 40.6 Å². The maximum atomic E-state index is 5.37. The molecule has 3 aromatic rings. The molecule has 0 radical (unpaired) electrons. The number of methoxy groups -OCH3 is 1. The molecule has 1 saturated heterocycles. The van der Waals surface area contributed by atoms with E-state index < -0.39 is 0 Å². The molecule has 6 heteroatoms. The number of pyridine rings is 1. The van der Waals surface area contributed by atoms with E-state index in [1.807, 2.05) is 36.2 Å². The van der Waals surface area contributed by atoms with E-state index in [4.69, 9.17) is 14.7 Å². The largest absolute Gasteiger partial charge is 0.497 e. The number of amidine groups is 1. The smallest absolute Gasteiger partial charge is 0.160 e. The summed E-state index contributed by atoms with van der Waals surface area (Å²) in [7, 11) is 1.71. The zero-order valence-corrected chi connectivity index (χ0v) is 20.2. The number of fused-ring (bicyclic) bond motifs is 1. The van der Waals surface area contributed by atoms with Crippen LogP contribution >= 0.6 is 11.8 Å². The summed E-state index contributed by atoms with van der Waals surface area (Å²) in [5.74, 6) is 1.98. The lowest BCUT2D eigenvalue weighted by atomic mass is 9.92. The second-order valence-electron chi connectivity index (χ2n) is 8.58. The molecule has 4 heterocycles. The van der Waals surface area contributed by atoms with E-state index in [-0.39, 0.29) is 12.1 Å². The summed E-state index contributed by atoms with van der Waals surface area (Å²) in [5, 5.41) is 1.17. The number of benzene rings is 1. The fraction of sp³-hybridized carbons (Fsp3) is 0.385. The van der Waals surface area contributed by atoms with E-state index in [0.29, 0.717) is 6.04 Å². The zero-order valence-electron chi connectivity index (χ0n) is 19.4. The van der Waals surface area contributed by atoms with Crippen LogP contribution in [-0.2, 0) is 0 Å².